The van der Waals surface area contributed by atoms with Gasteiger partial charge in [0, 0.05) is 18.2 Å². The Hall–Kier alpha value is -3.24. The number of fused-ring (bicyclic) bond motifs is 1. The number of hydrogen-bond acceptors (Lipinski definition) is 4. The maximum atomic E-state index is 13.5. The third kappa shape index (κ3) is 2.52. The molecule has 0 saturated heterocycles. The van der Waals surface area contributed by atoms with Crippen LogP contribution in [0.3, 0.4) is 0 Å². The number of imidazole rings is 1. The third-order valence-electron chi connectivity index (χ3n) is 4.09. The molecule has 1 aromatic carbocycles. The molecule has 0 amide bonds. The first kappa shape index (κ1) is 16.2. The van der Waals surface area contributed by atoms with Crippen molar-refractivity contribution in [2.75, 3.05) is 0 Å². The molecule has 0 saturated carbocycles. The molecular weight excluding hydrogens is 355 g/mol. The third-order valence-corrected chi connectivity index (χ3v) is 4.38. The zero-order valence-electron chi connectivity index (χ0n) is 13.7. The summed E-state index contributed by atoms with van der Waals surface area (Å²) in [6.45, 7) is 1.97. The highest BCUT2D eigenvalue weighted by Crippen LogP contribution is 2.27. The molecule has 4 aromatic rings. The monoisotopic (exact) mass is 366 g/mol. The molecule has 6 nitrogen and oxygen atoms in total. The molecule has 3 aromatic heterocycles. The van der Waals surface area contributed by atoms with E-state index in [-0.39, 0.29) is 5.02 Å². The van der Waals surface area contributed by atoms with Gasteiger partial charge in [-0.25, -0.2) is 9.37 Å². The molecule has 0 spiro atoms. The van der Waals surface area contributed by atoms with Gasteiger partial charge in [-0.15, -0.1) is 10.2 Å². The van der Waals surface area contributed by atoms with E-state index >= 15 is 0 Å². The van der Waals surface area contributed by atoms with Gasteiger partial charge in [0.1, 0.15) is 29.1 Å². The molecule has 8 heteroatoms. The van der Waals surface area contributed by atoms with E-state index in [4.69, 9.17) is 11.6 Å². The van der Waals surface area contributed by atoms with Crippen LogP contribution in [-0.4, -0.2) is 24.1 Å². The van der Waals surface area contributed by atoms with Crippen LogP contribution in [0.5, 0.6) is 0 Å². The van der Waals surface area contributed by atoms with Crippen LogP contribution in [0, 0.1) is 17.1 Å². The van der Waals surface area contributed by atoms with Crippen LogP contribution in [0.25, 0.3) is 22.7 Å². The molecule has 0 N–H and O–H groups in total. The van der Waals surface area contributed by atoms with Crippen molar-refractivity contribution in [2.24, 2.45) is 0 Å². The van der Waals surface area contributed by atoms with Gasteiger partial charge in [-0.3, -0.25) is 8.97 Å². The molecule has 0 aliphatic rings. The summed E-state index contributed by atoms with van der Waals surface area (Å²) >= 11 is 5.92. The highest BCUT2D eigenvalue weighted by molar-refractivity contribution is 6.31. The van der Waals surface area contributed by atoms with E-state index in [9.17, 15) is 9.65 Å². The normalized spacial score (nSPS) is 11.0. The predicted octanol–water partition coefficient (Wildman–Crippen LogP) is 3.81. The second-order valence-electron chi connectivity index (χ2n) is 5.63. The van der Waals surface area contributed by atoms with Crippen molar-refractivity contribution in [3.8, 4) is 23.1 Å². The largest absolute Gasteiger partial charge is 0.289 e. The fraction of sp³-hybridized carbons (Fsp3) is 0.111. The number of aromatic nitrogens is 5. The lowest BCUT2D eigenvalue weighted by Gasteiger charge is -2.11. The first-order chi connectivity index (χ1) is 12.6. The van der Waals surface area contributed by atoms with E-state index in [2.05, 4.69) is 21.3 Å². The molecule has 0 atom stereocenters. The topological polar surface area (TPSA) is 71.8 Å². The summed E-state index contributed by atoms with van der Waals surface area (Å²) < 4.78 is 17.1. The summed E-state index contributed by atoms with van der Waals surface area (Å²) in [5.74, 6) is 0.788. The molecule has 26 heavy (non-hydrogen) atoms. The molecule has 0 unspecified atom stereocenters. The van der Waals surface area contributed by atoms with Crippen LogP contribution in [0.15, 0.2) is 42.7 Å². The van der Waals surface area contributed by atoms with Crippen molar-refractivity contribution in [2.45, 2.75) is 13.3 Å². The van der Waals surface area contributed by atoms with Crippen molar-refractivity contribution in [3.05, 3.63) is 65.1 Å². The molecule has 0 fully saturated rings. The predicted molar refractivity (Wildman–Crippen MR) is 94.6 cm³/mol. The maximum absolute atomic E-state index is 13.5. The Morgan fingerprint density at radius 3 is 2.81 bits per heavy atom. The Kier molecular flexibility index (Phi) is 3.90. The maximum Gasteiger partial charge on any atom is 0.168 e. The molecule has 3 heterocycles. The van der Waals surface area contributed by atoms with Crippen molar-refractivity contribution >= 4 is 17.2 Å². The van der Waals surface area contributed by atoms with Gasteiger partial charge in [-0.05, 0) is 30.3 Å². The van der Waals surface area contributed by atoms with Crippen molar-refractivity contribution in [1.29, 1.82) is 5.26 Å². The van der Waals surface area contributed by atoms with Crippen LogP contribution in [0.1, 0.15) is 18.4 Å². The molecule has 0 aliphatic heterocycles. The minimum atomic E-state index is -0.490. The highest BCUT2D eigenvalue weighted by atomic mass is 35.5. The minimum Gasteiger partial charge on any atom is -0.289 e. The summed E-state index contributed by atoms with van der Waals surface area (Å²) in [4.78, 5) is 4.20. The zero-order chi connectivity index (χ0) is 18.3. The van der Waals surface area contributed by atoms with Crippen molar-refractivity contribution in [1.82, 2.24) is 24.1 Å². The molecular formula is C18H12ClFN6. The summed E-state index contributed by atoms with van der Waals surface area (Å²) in [7, 11) is 0. The van der Waals surface area contributed by atoms with E-state index < -0.39 is 5.82 Å². The average Bonchev–Trinajstić information content (AvgIpc) is 3.26. The summed E-state index contributed by atoms with van der Waals surface area (Å²) in [5, 5.41) is 17.8. The molecule has 0 aliphatic carbocycles. The van der Waals surface area contributed by atoms with Crippen molar-refractivity contribution < 1.29 is 4.39 Å². The first-order valence-electron chi connectivity index (χ1n) is 7.89. The first-order valence-corrected chi connectivity index (χ1v) is 8.27. The Bertz CT molecular complexity index is 1170. The van der Waals surface area contributed by atoms with Crippen LogP contribution >= 0.6 is 11.6 Å². The number of nitrogens with zero attached hydrogens (tertiary/aromatic N) is 6. The van der Waals surface area contributed by atoms with E-state index in [1.807, 2.05) is 23.6 Å². The van der Waals surface area contributed by atoms with E-state index in [1.165, 1.54) is 18.3 Å². The Labute approximate surface area is 153 Å². The van der Waals surface area contributed by atoms with E-state index in [0.717, 1.165) is 11.5 Å². The summed E-state index contributed by atoms with van der Waals surface area (Å²) in [5.41, 5.74) is 2.52. The Morgan fingerprint density at radius 1 is 1.23 bits per heavy atom. The number of hydrogen-bond donors (Lipinski definition) is 0. The second kappa shape index (κ2) is 6.24. The van der Waals surface area contributed by atoms with Crippen molar-refractivity contribution in [3.63, 3.8) is 0 Å². The second-order valence-corrected chi connectivity index (χ2v) is 6.04. The lowest BCUT2D eigenvalue weighted by Crippen LogP contribution is -2.04. The molecule has 128 valence electrons. The van der Waals surface area contributed by atoms with Gasteiger partial charge in [-0.1, -0.05) is 18.5 Å². The Balaban J connectivity index is 1.95. The van der Waals surface area contributed by atoms with E-state index in [0.29, 0.717) is 29.1 Å². The van der Waals surface area contributed by atoms with Gasteiger partial charge in [0.05, 0.1) is 16.9 Å². The number of nitriles is 1. The zero-order valence-corrected chi connectivity index (χ0v) is 14.4. The van der Waals surface area contributed by atoms with Crippen LogP contribution in [0.2, 0.25) is 5.02 Å². The average molecular weight is 367 g/mol. The molecule has 0 radical (unpaired) electrons. The van der Waals surface area contributed by atoms with Gasteiger partial charge in [0.15, 0.2) is 5.82 Å². The van der Waals surface area contributed by atoms with Gasteiger partial charge in [0.2, 0.25) is 0 Å². The SMILES string of the molecule is CCc1nnc(-c2ccc(F)c(Cl)c2)n1-c1ccc2ncc(C#N)n2c1. The smallest absolute Gasteiger partial charge is 0.168 e. The van der Waals surface area contributed by atoms with Crippen LogP contribution in [0.4, 0.5) is 4.39 Å². The number of benzene rings is 1. The van der Waals surface area contributed by atoms with E-state index in [1.54, 1.807) is 16.7 Å². The lowest BCUT2D eigenvalue weighted by atomic mass is 10.2. The fourth-order valence-corrected chi connectivity index (χ4v) is 3.00. The van der Waals surface area contributed by atoms with Crippen LogP contribution in [-0.2, 0) is 6.42 Å². The number of aryl methyl sites for hydroxylation is 1. The van der Waals surface area contributed by atoms with Gasteiger partial charge < -0.3 is 0 Å². The number of pyridine rings is 1. The Morgan fingerprint density at radius 2 is 2.08 bits per heavy atom. The fourth-order valence-electron chi connectivity index (χ4n) is 2.82. The van der Waals surface area contributed by atoms with Crippen LogP contribution < -0.4 is 0 Å². The summed E-state index contributed by atoms with van der Waals surface area (Å²) in [6.07, 6.45) is 3.97. The van der Waals surface area contributed by atoms with Gasteiger partial charge >= 0.3 is 0 Å². The number of halogens is 2. The minimum absolute atomic E-state index is 0.0203. The molecule has 4 rings (SSSR count). The standard InChI is InChI=1S/C18H12ClFN6/c1-2-16-23-24-18(11-3-5-15(20)14(19)7-11)26(16)12-4-6-17-22-9-13(8-21)25(17)10-12/h3-7,9-10H,2H2,1H3. The van der Waals surface area contributed by atoms with Gasteiger partial charge in [0.25, 0.3) is 0 Å². The number of rotatable bonds is 3. The lowest BCUT2D eigenvalue weighted by molar-refractivity contribution is 0.628. The highest BCUT2D eigenvalue weighted by Gasteiger charge is 2.16. The van der Waals surface area contributed by atoms with Gasteiger partial charge in [-0.2, -0.15) is 5.26 Å². The molecule has 0 bridgehead atoms. The summed E-state index contributed by atoms with van der Waals surface area (Å²) in [6, 6.07) is 10.2. The quantitative estimate of drug-likeness (QED) is 0.552.